The molecule has 2 fully saturated rings. The van der Waals surface area contributed by atoms with Crippen molar-refractivity contribution in [3.05, 3.63) is 28.2 Å². The summed E-state index contributed by atoms with van der Waals surface area (Å²) in [6.07, 6.45) is 5.64. The molecule has 4 nitrogen and oxygen atoms in total. The van der Waals surface area contributed by atoms with Crippen LogP contribution in [0.2, 0.25) is 10.0 Å². The molecule has 2 aliphatic carbocycles. The number of amides is 2. The van der Waals surface area contributed by atoms with Crippen LogP contribution < -0.4 is 5.32 Å². The Bertz CT molecular complexity index is 650. The zero-order valence-corrected chi connectivity index (χ0v) is 15.2. The van der Waals surface area contributed by atoms with Crippen LogP contribution in [-0.2, 0) is 9.59 Å². The van der Waals surface area contributed by atoms with Gasteiger partial charge in [-0.3, -0.25) is 9.59 Å². The fourth-order valence-electron chi connectivity index (χ4n) is 4.08. The Kier molecular flexibility index (Phi) is 5.36. The van der Waals surface area contributed by atoms with Crippen molar-refractivity contribution in [2.24, 2.45) is 17.8 Å². The SMILES string of the molecule is CN(CC(=O)Nc1ccc(Cl)c(Cl)c1)C(=O)C[C@H]1C[C@H]2CC[C@@H]1C2. The molecule has 24 heavy (non-hydrogen) atoms. The van der Waals surface area contributed by atoms with Crippen molar-refractivity contribution < 1.29 is 9.59 Å². The molecule has 0 radical (unpaired) electrons. The lowest BCUT2D eigenvalue weighted by molar-refractivity contribution is -0.134. The zero-order chi connectivity index (χ0) is 17.3. The number of fused-ring (bicyclic) bond motifs is 2. The van der Waals surface area contributed by atoms with Crippen LogP contribution in [-0.4, -0.2) is 30.3 Å². The second kappa shape index (κ2) is 7.32. The van der Waals surface area contributed by atoms with Crippen molar-refractivity contribution in [2.45, 2.75) is 32.1 Å². The van der Waals surface area contributed by atoms with Gasteiger partial charge in [0.05, 0.1) is 16.6 Å². The van der Waals surface area contributed by atoms with Crippen molar-refractivity contribution in [3.63, 3.8) is 0 Å². The standard InChI is InChI=1S/C18H22Cl2N2O2/c1-22(18(24)8-13-7-11-2-3-12(13)6-11)10-17(23)21-14-4-5-15(19)16(20)9-14/h4-5,9,11-13H,2-3,6-8,10H2,1H3,(H,21,23)/t11-,12+,13+/m0/s1. The molecule has 1 aromatic rings. The van der Waals surface area contributed by atoms with Gasteiger partial charge in [0.15, 0.2) is 0 Å². The number of benzene rings is 1. The van der Waals surface area contributed by atoms with E-state index >= 15 is 0 Å². The lowest BCUT2D eigenvalue weighted by Crippen LogP contribution is -2.36. The zero-order valence-electron chi connectivity index (χ0n) is 13.7. The van der Waals surface area contributed by atoms with Gasteiger partial charge >= 0.3 is 0 Å². The molecule has 1 N–H and O–H groups in total. The number of rotatable bonds is 5. The highest BCUT2D eigenvalue weighted by molar-refractivity contribution is 6.42. The number of anilines is 1. The van der Waals surface area contributed by atoms with Crippen molar-refractivity contribution in [1.29, 1.82) is 0 Å². The van der Waals surface area contributed by atoms with Gasteiger partial charge in [0.1, 0.15) is 0 Å². The molecular formula is C18H22Cl2N2O2. The van der Waals surface area contributed by atoms with Crippen molar-refractivity contribution in [1.82, 2.24) is 4.90 Å². The van der Waals surface area contributed by atoms with E-state index in [-0.39, 0.29) is 18.4 Å². The third-order valence-corrected chi connectivity index (χ3v) is 6.07. The summed E-state index contributed by atoms with van der Waals surface area (Å²) in [5.41, 5.74) is 0.573. The number of carbonyl (C=O) groups excluding carboxylic acids is 2. The molecule has 0 aliphatic heterocycles. The van der Waals surface area contributed by atoms with Gasteiger partial charge in [0.25, 0.3) is 0 Å². The molecule has 2 bridgehead atoms. The summed E-state index contributed by atoms with van der Waals surface area (Å²) in [6.45, 7) is 0.0416. The smallest absolute Gasteiger partial charge is 0.243 e. The Morgan fingerprint density at radius 1 is 1.21 bits per heavy atom. The predicted octanol–water partition coefficient (Wildman–Crippen LogP) is 4.22. The number of likely N-dealkylation sites (N-methyl/N-ethyl adjacent to an activating group) is 1. The van der Waals surface area contributed by atoms with Gasteiger partial charge in [0.2, 0.25) is 11.8 Å². The van der Waals surface area contributed by atoms with E-state index in [9.17, 15) is 9.59 Å². The molecular weight excluding hydrogens is 347 g/mol. The van der Waals surface area contributed by atoms with Crippen LogP contribution in [0.1, 0.15) is 32.1 Å². The summed E-state index contributed by atoms with van der Waals surface area (Å²) in [6, 6.07) is 4.91. The van der Waals surface area contributed by atoms with Gasteiger partial charge in [-0.05, 0) is 55.2 Å². The quantitative estimate of drug-likeness (QED) is 0.845. The number of nitrogens with one attached hydrogen (secondary N) is 1. The molecule has 6 heteroatoms. The minimum atomic E-state index is -0.239. The van der Waals surface area contributed by atoms with Crippen LogP contribution in [0.4, 0.5) is 5.69 Å². The highest BCUT2D eigenvalue weighted by atomic mass is 35.5. The van der Waals surface area contributed by atoms with Gasteiger partial charge in [-0.25, -0.2) is 0 Å². The molecule has 130 valence electrons. The topological polar surface area (TPSA) is 49.4 Å². The van der Waals surface area contributed by atoms with E-state index in [1.807, 2.05) is 0 Å². The van der Waals surface area contributed by atoms with Gasteiger partial charge in [-0.1, -0.05) is 29.6 Å². The largest absolute Gasteiger partial charge is 0.336 e. The Hall–Kier alpha value is -1.26. The first-order valence-electron chi connectivity index (χ1n) is 8.41. The van der Waals surface area contributed by atoms with Crippen molar-refractivity contribution >= 4 is 40.7 Å². The Labute approximate surface area is 152 Å². The highest BCUT2D eigenvalue weighted by Gasteiger charge is 2.40. The normalized spacial score (nSPS) is 24.9. The summed E-state index contributed by atoms with van der Waals surface area (Å²) in [5, 5.41) is 3.56. The summed E-state index contributed by atoms with van der Waals surface area (Å²) in [7, 11) is 1.68. The minimum absolute atomic E-state index is 0.0416. The van der Waals surface area contributed by atoms with Crippen LogP contribution in [0.3, 0.4) is 0 Å². The van der Waals surface area contributed by atoms with Crippen LogP contribution >= 0.6 is 23.2 Å². The number of hydrogen-bond donors (Lipinski definition) is 1. The second-order valence-electron chi connectivity index (χ2n) is 7.07. The van der Waals surface area contributed by atoms with Crippen LogP contribution in [0.5, 0.6) is 0 Å². The number of hydrogen-bond acceptors (Lipinski definition) is 2. The molecule has 0 saturated heterocycles. The third-order valence-electron chi connectivity index (χ3n) is 5.33. The molecule has 0 heterocycles. The maximum absolute atomic E-state index is 12.4. The van der Waals surface area contributed by atoms with E-state index in [2.05, 4.69) is 5.32 Å². The van der Waals surface area contributed by atoms with E-state index < -0.39 is 0 Å². The summed E-state index contributed by atoms with van der Waals surface area (Å²) in [4.78, 5) is 26.0. The number of halogens is 2. The molecule has 1 aromatic carbocycles. The molecule has 3 atom stereocenters. The Morgan fingerprint density at radius 3 is 2.62 bits per heavy atom. The molecule has 2 saturated carbocycles. The van der Waals surface area contributed by atoms with Gasteiger partial charge in [-0.15, -0.1) is 0 Å². The van der Waals surface area contributed by atoms with E-state index in [1.54, 1.807) is 25.2 Å². The summed E-state index contributed by atoms with van der Waals surface area (Å²) < 4.78 is 0. The van der Waals surface area contributed by atoms with Crippen LogP contribution in [0, 0.1) is 17.8 Å². The average Bonchev–Trinajstić information content (AvgIpc) is 3.13. The Balaban J connectivity index is 1.48. The summed E-state index contributed by atoms with van der Waals surface area (Å²) >= 11 is 11.8. The monoisotopic (exact) mass is 368 g/mol. The average molecular weight is 369 g/mol. The third kappa shape index (κ3) is 4.04. The van der Waals surface area contributed by atoms with E-state index in [4.69, 9.17) is 23.2 Å². The first kappa shape index (κ1) is 17.6. The Morgan fingerprint density at radius 2 is 2.00 bits per heavy atom. The number of carbonyl (C=O) groups is 2. The lowest BCUT2D eigenvalue weighted by atomic mass is 9.86. The first-order chi connectivity index (χ1) is 11.4. The molecule has 2 aliphatic rings. The second-order valence-corrected chi connectivity index (χ2v) is 7.88. The molecule has 3 rings (SSSR count). The lowest BCUT2D eigenvalue weighted by Gasteiger charge is -2.24. The number of nitrogens with zero attached hydrogens (tertiary/aromatic N) is 1. The first-order valence-corrected chi connectivity index (χ1v) is 9.17. The van der Waals surface area contributed by atoms with E-state index in [0.29, 0.717) is 28.1 Å². The van der Waals surface area contributed by atoms with E-state index in [1.165, 1.54) is 30.6 Å². The predicted molar refractivity (Wildman–Crippen MR) is 96.3 cm³/mol. The van der Waals surface area contributed by atoms with Gasteiger partial charge < -0.3 is 10.2 Å². The van der Waals surface area contributed by atoms with Crippen LogP contribution in [0.25, 0.3) is 0 Å². The molecule has 0 aromatic heterocycles. The van der Waals surface area contributed by atoms with Gasteiger partial charge in [-0.2, -0.15) is 0 Å². The van der Waals surface area contributed by atoms with Crippen molar-refractivity contribution in [2.75, 3.05) is 18.9 Å². The van der Waals surface area contributed by atoms with Crippen molar-refractivity contribution in [3.8, 4) is 0 Å². The minimum Gasteiger partial charge on any atom is -0.336 e. The maximum Gasteiger partial charge on any atom is 0.243 e. The van der Waals surface area contributed by atoms with Crippen LogP contribution in [0.15, 0.2) is 18.2 Å². The molecule has 2 amide bonds. The molecule has 0 unspecified atom stereocenters. The fourth-order valence-corrected chi connectivity index (χ4v) is 4.38. The molecule has 0 spiro atoms. The highest BCUT2D eigenvalue weighted by Crippen LogP contribution is 2.49. The fraction of sp³-hybridized carbons (Fsp3) is 0.556. The maximum atomic E-state index is 12.4. The summed E-state index contributed by atoms with van der Waals surface area (Å²) in [5.74, 6) is 1.87. The van der Waals surface area contributed by atoms with Gasteiger partial charge in [0, 0.05) is 19.2 Å². The van der Waals surface area contributed by atoms with E-state index in [0.717, 1.165) is 11.8 Å².